The van der Waals surface area contributed by atoms with Gasteiger partial charge >= 0.3 is 0 Å². The van der Waals surface area contributed by atoms with E-state index in [0.29, 0.717) is 27.8 Å². The number of hydrogen-bond donors (Lipinski definition) is 1. The van der Waals surface area contributed by atoms with Gasteiger partial charge in [-0.15, -0.1) is 0 Å². The van der Waals surface area contributed by atoms with Gasteiger partial charge in [-0.1, -0.05) is 86.8 Å². The molecule has 0 radical (unpaired) electrons. The highest BCUT2D eigenvalue weighted by Crippen LogP contribution is 2.28. The number of halogens is 2. The van der Waals surface area contributed by atoms with Crippen molar-refractivity contribution in [3.8, 4) is 0 Å². The van der Waals surface area contributed by atoms with Crippen LogP contribution in [0.5, 0.6) is 0 Å². The summed E-state index contributed by atoms with van der Waals surface area (Å²) in [7, 11) is -4.14. The summed E-state index contributed by atoms with van der Waals surface area (Å²) in [5.74, 6) is -0.428. The first-order chi connectivity index (χ1) is 19.7. The van der Waals surface area contributed by atoms with E-state index in [1.54, 1.807) is 49.4 Å². The number of carbonyl (C=O) groups excluding carboxylic acids is 2. The number of carbonyl (C=O) groups is 2. The third-order valence-corrected chi connectivity index (χ3v) is 9.45. The van der Waals surface area contributed by atoms with Crippen LogP contribution in [0.3, 0.4) is 0 Å². The average molecular weight is 633 g/mol. The van der Waals surface area contributed by atoms with Gasteiger partial charge in [0.15, 0.2) is 0 Å². The summed E-state index contributed by atoms with van der Waals surface area (Å²) in [5, 5.41) is 3.55. The Morgan fingerprint density at radius 1 is 0.857 bits per heavy atom. The van der Waals surface area contributed by atoms with Gasteiger partial charge in [-0.3, -0.25) is 13.9 Å². The van der Waals surface area contributed by atoms with Crippen molar-refractivity contribution in [1.82, 2.24) is 10.2 Å². The molecule has 0 fully saturated rings. The molecule has 2 amide bonds. The maximum Gasteiger partial charge on any atom is 0.264 e. The maximum absolute atomic E-state index is 14.1. The Bertz CT molecular complexity index is 1490. The summed E-state index contributed by atoms with van der Waals surface area (Å²) in [4.78, 5) is 28.6. The van der Waals surface area contributed by atoms with Crippen LogP contribution in [0, 0.1) is 12.8 Å². The molecule has 0 saturated heterocycles. The van der Waals surface area contributed by atoms with Crippen LogP contribution in [0.25, 0.3) is 0 Å². The highest BCUT2D eigenvalue weighted by atomic mass is 35.5. The highest BCUT2D eigenvalue weighted by molar-refractivity contribution is 7.92. The molecule has 0 saturated carbocycles. The lowest BCUT2D eigenvalue weighted by Crippen LogP contribution is -2.51. The molecule has 1 unspecified atom stereocenters. The van der Waals surface area contributed by atoms with Gasteiger partial charge in [-0.2, -0.15) is 0 Å². The lowest BCUT2D eigenvalue weighted by atomic mass is 10.0. The zero-order valence-electron chi connectivity index (χ0n) is 24.9. The van der Waals surface area contributed by atoms with Gasteiger partial charge in [0.25, 0.3) is 10.0 Å². The van der Waals surface area contributed by atoms with Gasteiger partial charge in [0, 0.05) is 13.1 Å². The second kappa shape index (κ2) is 14.4. The molecular weight excluding hydrogens is 593 g/mol. The molecule has 3 rings (SSSR count). The number of nitrogens with one attached hydrogen (secondary N) is 1. The number of hydrogen-bond acceptors (Lipinski definition) is 4. The minimum Gasteiger partial charge on any atom is -0.354 e. The SMILES string of the molecule is Cc1ccc(S(=O)(=O)N(CC(=O)N(Cc2ccc(Cl)c(Cl)c2)C(C)C(=O)NCC(C)C)c2ccc(C(C)C)cc2)cc1. The number of benzene rings is 3. The Hall–Kier alpha value is -3.07. The molecule has 0 aliphatic carbocycles. The molecule has 42 heavy (non-hydrogen) atoms. The first-order valence-electron chi connectivity index (χ1n) is 13.9. The Morgan fingerprint density at radius 2 is 1.48 bits per heavy atom. The monoisotopic (exact) mass is 631 g/mol. The van der Waals surface area contributed by atoms with Crippen molar-refractivity contribution in [2.24, 2.45) is 5.92 Å². The Labute approximate surface area is 259 Å². The third kappa shape index (κ3) is 8.49. The fraction of sp³-hybridized carbons (Fsp3) is 0.375. The predicted molar refractivity (Wildman–Crippen MR) is 171 cm³/mol. The van der Waals surface area contributed by atoms with E-state index in [1.807, 2.05) is 46.8 Å². The molecule has 10 heteroatoms. The van der Waals surface area contributed by atoms with Crippen molar-refractivity contribution in [2.45, 2.75) is 64.9 Å². The van der Waals surface area contributed by atoms with Gasteiger partial charge in [-0.05, 0) is 73.2 Å². The molecule has 0 bridgehead atoms. The topological polar surface area (TPSA) is 86.8 Å². The van der Waals surface area contributed by atoms with Crippen molar-refractivity contribution >= 4 is 50.7 Å². The largest absolute Gasteiger partial charge is 0.354 e. The van der Waals surface area contributed by atoms with Gasteiger partial charge in [0.05, 0.1) is 20.6 Å². The van der Waals surface area contributed by atoms with Crippen molar-refractivity contribution in [2.75, 3.05) is 17.4 Å². The van der Waals surface area contributed by atoms with Crippen LogP contribution in [0.15, 0.2) is 71.6 Å². The van der Waals surface area contributed by atoms with Crippen molar-refractivity contribution in [1.29, 1.82) is 0 Å². The van der Waals surface area contributed by atoms with E-state index in [1.165, 1.54) is 17.0 Å². The zero-order chi connectivity index (χ0) is 31.2. The fourth-order valence-electron chi connectivity index (χ4n) is 4.26. The summed E-state index contributed by atoms with van der Waals surface area (Å²) >= 11 is 12.3. The molecule has 1 atom stereocenters. The van der Waals surface area contributed by atoms with Crippen LogP contribution in [-0.4, -0.2) is 44.3 Å². The van der Waals surface area contributed by atoms with Gasteiger partial charge in [0.2, 0.25) is 11.8 Å². The molecule has 7 nitrogen and oxygen atoms in total. The summed E-state index contributed by atoms with van der Waals surface area (Å²) in [5.41, 5.74) is 2.94. The fourth-order valence-corrected chi connectivity index (χ4v) is 6.00. The normalized spacial score (nSPS) is 12.3. The third-order valence-electron chi connectivity index (χ3n) is 6.92. The van der Waals surface area contributed by atoms with E-state index in [4.69, 9.17) is 23.2 Å². The minimum absolute atomic E-state index is 0.0245. The Kier molecular flexibility index (Phi) is 11.5. The number of nitrogens with zero attached hydrogens (tertiary/aromatic N) is 2. The van der Waals surface area contributed by atoms with Crippen molar-refractivity contribution in [3.63, 3.8) is 0 Å². The Balaban J connectivity index is 2.04. The second-order valence-corrected chi connectivity index (χ2v) is 13.8. The lowest BCUT2D eigenvalue weighted by Gasteiger charge is -2.32. The van der Waals surface area contributed by atoms with Gasteiger partial charge < -0.3 is 10.2 Å². The van der Waals surface area contributed by atoms with E-state index < -0.39 is 28.5 Å². The van der Waals surface area contributed by atoms with Crippen molar-refractivity contribution in [3.05, 3.63) is 93.5 Å². The molecule has 0 aliphatic rings. The summed E-state index contributed by atoms with van der Waals surface area (Å²) in [6.45, 7) is 11.5. The molecular formula is C32H39Cl2N3O4S. The number of amides is 2. The standard InChI is InChI=1S/C32H39Cl2N3O4S/c1-21(2)18-35-32(39)24(6)36(19-25-9-16-29(33)30(34)17-25)31(38)20-37(27-12-10-26(11-13-27)22(3)4)42(40,41)28-14-7-23(5)8-15-28/h7-17,21-22,24H,18-20H2,1-6H3,(H,35,39). The van der Waals surface area contributed by atoms with Gasteiger partial charge in [0.1, 0.15) is 12.6 Å². The highest BCUT2D eigenvalue weighted by Gasteiger charge is 2.32. The smallest absolute Gasteiger partial charge is 0.264 e. The Morgan fingerprint density at radius 3 is 2.02 bits per heavy atom. The quantitative estimate of drug-likeness (QED) is 0.238. The van der Waals surface area contributed by atoms with Crippen LogP contribution < -0.4 is 9.62 Å². The van der Waals surface area contributed by atoms with Crippen molar-refractivity contribution < 1.29 is 18.0 Å². The van der Waals surface area contributed by atoms with E-state index in [9.17, 15) is 18.0 Å². The number of aryl methyl sites for hydroxylation is 1. The van der Waals surface area contributed by atoms with Crippen LogP contribution in [0.4, 0.5) is 5.69 Å². The first kappa shape index (κ1) is 33.4. The molecule has 0 aliphatic heterocycles. The van der Waals surface area contributed by atoms with Crippen LogP contribution in [-0.2, 0) is 26.2 Å². The summed E-state index contributed by atoms with van der Waals surface area (Å²) < 4.78 is 29.1. The predicted octanol–water partition coefficient (Wildman–Crippen LogP) is 6.81. The van der Waals surface area contributed by atoms with E-state index >= 15 is 0 Å². The van der Waals surface area contributed by atoms with E-state index in [-0.39, 0.29) is 29.2 Å². The van der Waals surface area contributed by atoms with Gasteiger partial charge in [-0.25, -0.2) is 8.42 Å². The van der Waals surface area contributed by atoms with E-state index in [0.717, 1.165) is 15.4 Å². The number of sulfonamides is 1. The zero-order valence-corrected chi connectivity index (χ0v) is 27.2. The average Bonchev–Trinajstić information content (AvgIpc) is 2.94. The molecule has 0 heterocycles. The summed E-state index contributed by atoms with van der Waals surface area (Å²) in [6, 6.07) is 17.7. The lowest BCUT2D eigenvalue weighted by molar-refractivity contribution is -0.139. The summed E-state index contributed by atoms with van der Waals surface area (Å²) in [6.07, 6.45) is 0. The first-order valence-corrected chi connectivity index (χ1v) is 16.1. The molecule has 1 N–H and O–H groups in total. The molecule has 3 aromatic carbocycles. The number of rotatable bonds is 12. The minimum atomic E-state index is -4.14. The van der Waals surface area contributed by atoms with Crippen LogP contribution in [0.1, 0.15) is 57.2 Å². The molecule has 3 aromatic rings. The maximum atomic E-state index is 14.1. The second-order valence-electron chi connectivity index (χ2n) is 11.2. The molecule has 226 valence electrons. The van der Waals surface area contributed by atoms with Crippen LogP contribution >= 0.6 is 23.2 Å². The molecule has 0 aromatic heterocycles. The van der Waals surface area contributed by atoms with E-state index in [2.05, 4.69) is 5.32 Å². The van der Waals surface area contributed by atoms with Crippen LogP contribution in [0.2, 0.25) is 10.0 Å². The number of anilines is 1. The molecule has 0 spiro atoms.